The molecule has 0 aromatic heterocycles. The highest BCUT2D eigenvalue weighted by molar-refractivity contribution is 7.91. The van der Waals surface area contributed by atoms with Crippen LogP contribution in [0.25, 0.3) is 0 Å². The number of aryl methyl sites for hydroxylation is 1. The highest BCUT2D eigenvalue weighted by Gasteiger charge is 2.13. The molecule has 0 spiro atoms. The predicted octanol–water partition coefficient (Wildman–Crippen LogP) is 1.22. The third kappa shape index (κ3) is 3.36. The lowest BCUT2D eigenvalue weighted by molar-refractivity contribution is 0.319. The molecule has 82 valence electrons. The molecule has 0 saturated carbocycles. The first-order chi connectivity index (χ1) is 6.94. The zero-order chi connectivity index (χ0) is 11.5. The molecule has 0 aliphatic rings. The van der Waals surface area contributed by atoms with E-state index in [2.05, 4.69) is 5.16 Å². The van der Waals surface area contributed by atoms with Crippen LogP contribution in [0.4, 0.5) is 0 Å². The maximum Gasteiger partial charge on any atom is 0.153 e. The monoisotopic (exact) mass is 227 g/mol. The summed E-state index contributed by atoms with van der Waals surface area (Å²) >= 11 is 0. The van der Waals surface area contributed by atoms with Gasteiger partial charge in [-0.25, -0.2) is 8.42 Å². The first-order valence-corrected chi connectivity index (χ1v) is 6.45. The molecule has 15 heavy (non-hydrogen) atoms. The zero-order valence-corrected chi connectivity index (χ0v) is 9.45. The molecule has 1 N–H and O–H groups in total. The average Bonchev–Trinajstić information content (AvgIpc) is 2.14. The van der Waals surface area contributed by atoms with Gasteiger partial charge in [-0.3, -0.25) is 0 Å². The minimum absolute atomic E-state index is 0.176. The molecule has 0 amide bonds. The summed E-state index contributed by atoms with van der Waals surface area (Å²) in [6.45, 7) is 1.84. The molecular formula is C10H13NO3S. The van der Waals surface area contributed by atoms with Gasteiger partial charge < -0.3 is 5.21 Å². The summed E-state index contributed by atoms with van der Waals surface area (Å²) in [5.74, 6) is -0.256. The Morgan fingerprint density at radius 3 is 2.47 bits per heavy atom. The number of rotatable bonds is 3. The highest BCUT2D eigenvalue weighted by atomic mass is 32.2. The molecule has 1 aromatic rings. The van der Waals surface area contributed by atoms with Crippen molar-refractivity contribution < 1.29 is 13.6 Å². The van der Waals surface area contributed by atoms with E-state index in [-0.39, 0.29) is 11.5 Å². The Morgan fingerprint density at radius 2 is 2.00 bits per heavy atom. The Bertz CT molecular complexity index is 477. The average molecular weight is 227 g/mol. The quantitative estimate of drug-likeness (QED) is 0.479. The second-order valence-electron chi connectivity index (χ2n) is 3.43. The maximum atomic E-state index is 11.1. The largest absolute Gasteiger partial charge is 0.411 e. The van der Waals surface area contributed by atoms with Gasteiger partial charge in [0.05, 0.1) is 5.75 Å². The van der Waals surface area contributed by atoms with Crippen molar-refractivity contribution in [3.8, 4) is 0 Å². The third-order valence-corrected chi connectivity index (χ3v) is 2.77. The van der Waals surface area contributed by atoms with Gasteiger partial charge >= 0.3 is 0 Å². The summed E-state index contributed by atoms with van der Waals surface area (Å²) in [6.07, 6.45) is 1.11. The van der Waals surface area contributed by atoms with Crippen LogP contribution in [-0.2, 0) is 9.84 Å². The van der Waals surface area contributed by atoms with Crippen molar-refractivity contribution in [3.63, 3.8) is 0 Å². The lowest BCUT2D eigenvalue weighted by atomic mass is 10.1. The lowest BCUT2D eigenvalue weighted by Crippen LogP contribution is -2.16. The number of hydrogen-bond acceptors (Lipinski definition) is 4. The van der Waals surface area contributed by atoms with Crippen molar-refractivity contribution in [1.82, 2.24) is 0 Å². The Hall–Kier alpha value is -1.36. The molecule has 1 rings (SSSR count). The molecule has 0 heterocycles. The molecule has 4 nitrogen and oxygen atoms in total. The van der Waals surface area contributed by atoms with Crippen LogP contribution < -0.4 is 0 Å². The molecule has 5 heteroatoms. The topological polar surface area (TPSA) is 66.7 Å². The molecule has 0 unspecified atom stereocenters. The summed E-state index contributed by atoms with van der Waals surface area (Å²) in [4.78, 5) is 0. The molecule has 0 saturated heterocycles. The van der Waals surface area contributed by atoms with Crippen molar-refractivity contribution in [3.05, 3.63) is 35.4 Å². The van der Waals surface area contributed by atoms with Gasteiger partial charge in [0.2, 0.25) is 0 Å². The Kier molecular flexibility index (Phi) is 3.47. The number of oxime groups is 1. The molecule has 0 aliphatic carbocycles. The molecule has 0 fully saturated rings. The number of sulfone groups is 1. The fraction of sp³-hybridized carbons (Fsp3) is 0.300. The summed E-state index contributed by atoms with van der Waals surface area (Å²) in [5.41, 5.74) is 1.72. The number of nitrogens with zero attached hydrogens (tertiary/aromatic N) is 1. The highest BCUT2D eigenvalue weighted by Crippen LogP contribution is 2.09. The maximum absolute atomic E-state index is 11.1. The Balaban J connectivity index is 3.11. The van der Waals surface area contributed by atoms with Crippen LogP contribution in [0.2, 0.25) is 0 Å². The van der Waals surface area contributed by atoms with Gasteiger partial charge in [0.25, 0.3) is 0 Å². The van der Waals surface area contributed by atoms with Crippen LogP contribution in [0, 0.1) is 6.92 Å². The second kappa shape index (κ2) is 4.44. The van der Waals surface area contributed by atoms with Crippen LogP contribution in [0.1, 0.15) is 11.1 Å². The van der Waals surface area contributed by atoms with Gasteiger partial charge in [0.1, 0.15) is 5.71 Å². The Morgan fingerprint density at radius 1 is 1.40 bits per heavy atom. The SMILES string of the molecule is Cc1ccccc1/C(CS(C)(=O)=O)=N/O. The first kappa shape index (κ1) is 11.7. The predicted molar refractivity (Wildman–Crippen MR) is 59.2 cm³/mol. The minimum Gasteiger partial charge on any atom is -0.411 e. The van der Waals surface area contributed by atoms with Crippen molar-refractivity contribution >= 4 is 15.5 Å². The number of hydrogen-bond donors (Lipinski definition) is 1. The van der Waals surface area contributed by atoms with E-state index < -0.39 is 9.84 Å². The normalized spacial score (nSPS) is 12.8. The van der Waals surface area contributed by atoms with Crippen molar-refractivity contribution in [1.29, 1.82) is 0 Å². The molecule has 0 radical (unpaired) electrons. The molecule has 0 atom stereocenters. The molecular weight excluding hydrogens is 214 g/mol. The smallest absolute Gasteiger partial charge is 0.153 e. The van der Waals surface area contributed by atoms with Crippen LogP contribution in [0.3, 0.4) is 0 Å². The lowest BCUT2D eigenvalue weighted by Gasteiger charge is -2.06. The molecule has 0 aliphatic heterocycles. The fourth-order valence-corrected chi connectivity index (χ4v) is 2.02. The van der Waals surface area contributed by atoms with E-state index in [0.29, 0.717) is 5.56 Å². The van der Waals surface area contributed by atoms with Crippen LogP contribution >= 0.6 is 0 Å². The van der Waals surface area contributed by atoms with Gasteiger partial charge in [-0.05, 0) is 12.5 Å². The molecule has 0 bridgehead atoms. The first-order valence-electron chi connectivity index (χ1n) is 4.38. The van der Waals surface area contributed by atoms with E-state index in [4.69, 9.17) is 5.21 Å². The summed E-state index contributed by atoms with van der Waals surface area (Å²) in [6, 6.07) is 7.18. The van der Waals surface area contributed by atoms with Gasteiger partial charge in [0.15, 0.2) is 9.84 Å². The summed E-state index contributed by atoms with van der Waals surface area (Å²) < 4.78 is 22.2. The fourth-order valence-electron chi connectivity index (χ4n) is 1.31. The van der Waals surface area contributed by atoms with Gasteiger partial charge in [-0.1, -0.05) is 29.4 Å². The van der Waals surface area contributed by atoms with E-state index in [9.17, 15) is 8.42 Å². The van der Waals surface area contributed by atoms with Crippen LogP contribution in [-0.4, -0.2) is 31.3 Å². The van der Waals surface area contributed by atoms with Crippen LogP contribution in [0.15, 0.2) is 29.4 Å². The second-order valence-corrected chi connectivity index (χ2v) is 5.57. The van der Waals surface area contributed by atoms with Crippen LogP contribution in [0.5, 0.6) is 0 Å². The van der Waals surface area contributed by atoms with Crippen molar-refractivity contribution in [2.45, 2.75) is 6.92 Å². The van der Waals surface area contributed by atoms with E-state index in [1.165, 1.54) is 0 Å². The summed E-state index contributed by atoms with van der Waals surface area (Å²) in [5, 5.41) is 11.8. The van der Waals surface area contributed by atoms with Gasteiger partial charge in [-0.15, -0.1) is 0 Å². The van der Waals surface area contributed by atoms with Crippen molar-refractivity contribution in [2.24, 2.45) is 5.16 Å². The minimum atomic E-state index is -3.19. The van der Waals surface area contributed by atoms with E-state index in [1.807, 2.05) is 19.1 Å². The standard InChI is InChI=1S/C10H13NO3S/c1-8-5-3-4-6-9(8)10(11-12)7-15(2,13)14/h3-6,12H,7H2,1-2H3/b11-10+. The third-order valence-electron chi connectivity index (χ3n) is 1.98. The van der Waals surface area contributed by atoms with Gasteiger partial charge in [0, 0.05) is 11.8 Å². The van der Waals surface area contributed by atoms with E-state index in [1.54, 1.807) is 12.1 Å². The van der Waals surface area contributed by atoms with Gasteiger partial charge in [-0.2, -0.15) is 0 Å². The van der Waals surface area contributed by atoms with E-state index >= 15 is 0 Å². The summed E-state index contributed by atoms with van der Waals surface area (Å²) in [7, 11) is -3.19. The molecule has 1 aromatic carbocycles. The van der Waals surface area contributed by atoms with E-state index in [0.717, 1.165) is 11.8 Å². The Labute approximate surface area is 89.2 Å². The zero-order valence-electron chi connectivity index (χ0n) is 8.64. The number of benzene rings is 1. The van der Waals surface area contributed by atoms with Crippen molar-refractivity contribution in [2.75, 3.05) is 12.0 Å².